The molecule has 4 aromatic carbocycles. The molecule has 0 fully saturated rings. The maximum atomic E-state index is 4.86. The van der Waals surface area contributed by atoms with E-state index >= 15 is 0 Å². The van der Waals surface area contributed by atoms with Crippen LogP contribution >= 0.6 is 0 Å². The molecule has 0 unspecified atom stereocenters. The van der Waals surface area contributed by atoms with E-state index in [1.807, 2.05) is 24.3 Å². The predicted molar refractivity (Wildman–Crippen MR) is 104 cm³/mol. The number of benzene rings is 4. The number of rotatable bonds is 2. The van der Waals surface area contributed by atoms with Crippen LogP contribution < -0.4 is 0 Å². The highest BCUT2D eigenvalue weighted by atomic mass is 15.3. The van der Waals surface area contributed by atoms with Crippen molar-refractivity contribution in [2.24, 2.45) is 0 Å². The first-order valence-corrected chi connectivity index (χ1v) is 8.42. The third-order valence-corrected chi connectivity index (χ3v) is 4.60. The Kier molecular flexibility index (Phi) is 3.14. The Morgan fingerprint density at radius 2 is 1.32 bits per heavy atom. The van der Waals surface area contributed by atoms with E-state index in [9.17, 15) is 0 Å². The SMILES string of the molecule is c1ccc(-n2nc3ccccc3c2-c2ccc3ccccc3c2)cc1. The third-order valence-electron chi connectivity index (χ3n) is 4.60. The van der Waals surface area contributed by atoms with E-state index in [0.717, 1.165) is 16.9 Å². The van der Waals surface area contributed by atoms with Crippen LogP contribution in [0.5, 0.6) is 0 Å². The van der Waals surface area contributed by atoms with Gasteiger partial charge in [0.15, 0.2) is 0 Å². The predicted octanol–water partition coefficient (Wildman–Crippen LogP) is 5.85. The summed E-state index contributed by atoms with van der Waals surface area (Å²) in [6, 6.07) is 33.7. The van der Waals surface area contributed by atoms with Crippen molar-refractivity contribution in [3.8, 4) is 16.9 Å². The lowest BCUT2D eigenvalue weighted by molar-refractivity contribution is 0.904. The molecule has 0 bridgehead atoms. The summed E-state index contributed by atoms with van der Waals surface area (Å²) < 4.78 is 2.05. The van der Waals surface area contributed by atoms with Gasteiger partial charge in [-0.15, -0.1) is 0 Å². The molecule has 0 aliphatic carbocycles. The van der Waals surface area contributed by atoms with E-state index in [0.29, 0.717) is 0 Å². The fraction of sp³-hybridized carbons (Fsp3) is 0. The second-order valence-electron chi connectivity index (χ2n) is 6.18. The fourth-order valence-electron chi connectivity index (χ4n) is 3.40. The van der Waals surface area contributed by atoms with Crippen LogP contribution in [0.25, 0.3) is 38.6 Å². The maximum absolute atomic E-state index is 4.86. The zero-order chi connectivity index (χ0) is 16.6. The van der Waals surface area contributed by atoms with Crippen LogP contribution in [0.3, 0.4) is 0 Å². The van der Waals surface area contributed by atoms with Crippen LogP contribution in [-0.2, 0) is 0 Å². The van der Waals surface area contributed by atoms with E-state index < -0.39 is 0 Å². The van der Waals surface area contributed by atoms with Gasteiger partial charge < -0.3 is 0 Å². The van der Waals surface area contributed by atoms with Crippen molar-refractivity contribution in [1.29, 1.82) is 0 Å². The molecule has 5 rings (SSSR count). The summed E-state index contributed by atoms with van der Waals surface area (Å²) in [5.41, 5.74) is 4.39. The molecule has 2 heteroatoms. The largest absolute Gasteiger partial charge is 0.232 e. The van der Waals surface area contributed by atoms with Crippen LogP contribution in [0.15, 0.2) is 97.1 Å². The van der Waals surface area contributed by atoms with Crippen molar-refractivity contribution < 1.29 is 0 Å². The highest BCUT2D eigenvalue weighted by Gasteiger charge is 2.14. The molecular weight excluding hydrogens is 304 g/mol. The maximum Gasteiger partial charge on any atom is 0.0934 e. The van der Waals surface area contributed by atoms with Gasteiger partial charge in [0, 0.05) is 10.9 Å². The molecule has 0 radical (unpaired) electrons. The summed E-state index contributed by atoms with van der Waals surface area (Å²) in [4.78, 5) is 0. The monoisotopic (exact) mass is 320 g/mol. The van der Waals surface area contributed by atoms with E-state index in [4.69, 9.17) is 5.10 Å². The van der Waals surface area contributed by atoms with Crippen molar-refractivity contribution in [3.63, 3.8) is 0 Å². The number of hydrogen-bond acceptors (Lipinski definition) is 1. The standard InChI is InChI=1S/C23H16N2/c1-2-10-20(11-3-1)25-23(21-12-6-7-13-22(21)24-25)19-15-14-17-8-4-5-9-18(17)16-19/h1-16H. The molecule has 1 aromatic heterocycles. The minimum atomic E-state index is 1.01. The zero-order valence-electron chi connectivity index (χ0n) is 13.6. The van der Waals surface area contributed by atoms with Crippen molar-refractivity contribution in [2.45, 2.75) is 0 Å². The van der Waals surface area contributed by atoms with Gasteiger partial charge in [0.25, 0.3) is 0 Å². The first-order chi connectivity index (χ1) is 12.4. The topological polar surface area (TPSA) is 17.8 Å². The Morgan fingerprint density at radius 3 is 2.20 bits per heavy atom. The van der Waals surface area contributed by atoms with Crippen LogP contribution in [0.4, 0.5) is 0 Å². The number of para-hydroxylation sites is 1. The minimum absolute atomic E-state index is 1.01. The van der Waals surface area contributed by atoms with Gasteiger partial charge >= 0.3 is 0 Å². The lowest BCUT2D eigenvalue weighted by Crippen LogP contribution is -1.98. The first kappa shape index (κ1) is 14.0. The summed E-state index contributed by atoms with van der Waals surface area (Å²) in [5, 5.41) is 8.52. The molecule has 0 spiro atoms. The van der Waals surface area contributed by atoms with Gasteiger partial charge in [-0.05, 0) is 35.0 Å². The molecule has 0 saturated heterocycles. The van der Waals surface area contributed by atoms with E-state index in [-0.39, 0.29) is 0 Å². The summed E-state index contributed by atoms with van der Waals surface area (Å²) in [6.07, 6.45) is 0. The van der Waals surface area contributed by atoms with Crippen LogP contribution in [-0.4, -0.2) is 9.78 Å². The van der Waals surface area contributed by atoms with Crippen molar-refractivity contribution >= 4 is 21.7 Å². The molecule has 5 aromatic rings. The molecular formula is C23H16N2. The number of hydrogen-bond donors (Lipinski definition) is 0. The Hall–Kier alpha value is -3.39. The van der Waals surface area contributed by atoms with E-state index in [1.54, 1.807) is 0 Å². The average Bonchev–Trinajstić information content (AvgIpc) is 3.08. The zero-order valence-corrected chi connectivity index (χ0v) is 13.6. The third kappa shape index (κ3) is 2.31. The summed E-state index contributed by atoms with van der Waals surface area (Å²) in [7, 11) is 0. The van der Waals surface area contributed by atoms with Gasteiger partial charge in [0.2, 0.25) is 0 Å². The highest BCUT2D eigenvalue weighted by molar-refractivity contribution is 5.97. The minimum Gasteiger partial charge on any atom is -0.232 e. The average molecular weight is 320 g/mol. The van der Waals surface area contributed by atoms with E-state index in [2.05, 4.69) is 77.5 Å². The molecule has 2 nitrogen and oxygen atoms in total. The number of fused-ring (bicyclic) bond motifs is 2. The molecule has 0 aliphatic heterocycles. The van der Waals surface area contributed by atoms with Crippen molar-refractivity contribution in [1.82, 2.24) is 9.78 Å². The Bertz CT molecular complexity index is 1190. The Balaban J connectivity index is 1.84. The lowest BCUT2D eigenvalue weighted by atomic mass is 10.0. The molecule has 0 atom stereocenters. The quantitative estimate of drug-likeness (QED) is 0.399. The van der Waals surface area contributed by atoms with Gasteiger partial charge in [-0.25, -0.2) is 4.68 Å². The van der Waals surface area contributed by atoms with Crippen molar-refractivity contribution in [2.75, 3.05) is 0 Å². The fourth-order valence-corrected chi connectivity index (χ4v) is 3.40. The second-order valence-corrected chi connectivity index (χ2v) is 6.18. The Labute approximate surface area is 146 Å². The molecule has 25 heavy (non-hydrogen) atoms. The van der Waals surface area contributed by atoms with Crippen molar-refractivity contribution in [3.05, 3.63) is 97.1 Å². The molecule has 1 heterocycles. The van der Waals surface area contributed by atoms with Gasteiger partial charge in [0.05, 0.1) is 16.9 Å². The van der Waals surface area contributed by atoms with Gasteiger partial charge in [-0.3, -0.25) is 0 Å². The summed E-state index contributed by atoms with van der Waals surface area (Å²) >= 11 is 0. The first-order valence-electron chi connectivity index (χ1n) is 8.42. The van der Waals surface area contributed by atoms with Gasteiger partial charge in [-0.1, -0.05) is 72.8 Å². The normalized spacial score (nSPS) is 11.2. The molecule has 118 valence electrons. The van der Waals surface area contributed by atoms with Crippen LogP contribution in [0.2, 0.25) is 0 Å². The lowest BCUT2D eigenvalue weighted by Gasteiger charge is -2.09. The second kappa shape index (κ2) is 5.60. The molecule has 0 aliphatic rings. The number of aromatic nitrogens is 2. The summed E-state index contributed by atoms with van der Waals surface area (Å²) in [5.74, 6) is 0. The summed E-state index contributed by atoms with van der Waals surface area (Å²) in [6.45, 7) is 0. The van der Waals surface area contributed by atoms with Crippen LogP contribution in [0, 0.1) is 0 Å². The number of nitrogens with zero attached hydrogens (tertiary/aromatic N) is 2. The van der Waals surface area contributed by atoms with Crippen LogP contribution in [0.1, 0.15) is 0 Å². The van der Waals surface area contributed by atoms with Gasteiger partial charge in [0.1, 0.15) is 0 Å². The Morgan fingerprint density at radius 1 is 0.600 bits per heavy atom. The smallest absolute Gasteiger partial charge is 0.0934 e. The molecule has 0 N–H and O–H groups in total. The van der Waals surface area contributed by atoms with Gasteiger partial charge in [-0.2, -0.15) is 5.10 Å². The molecule has 0 saturated carbocycles. The highest BCUT2D eigenvalue weighted by Crippen LogP contribution is 2.32. The van der Waals surface area contributed by atoms with E-state index in [1.165, 1.54) is 21.7 Å². The molecule has 0 amide bonds.